The van der Waals surface area contributed by atoms with E-state index in [1.807, 2.05) is 0 Å². The van der Waals surface area contributed by atoms with Crippen molar-refractivity contribution in [2.24, 2.45) is 5.92 Å². The minimum Gasteiger partial charge on any atom is -0.367 e. The minimum absolute atomic E-state index is 0.203. The highest BCUT2D eigenvalue weighted by Gasteiger charge is 2.35. The van der Waals surface area contributed by atoms with Crippen LogP contribution in [0.5, 0.6) is 0 Å². The number of morpholine rings is 1. The second-order valence-electron chi connectivity index (χ2n) is 6.15. The summed E-state index contributed by atoms with van der Waals surface area (Å²) in [4.78, 5) is 0. The maximum atomic E-state index is 6.28. The van der Waals surface area contributed by atoms with Crippen molar-refractivity contribution in [2.75, 3.05) is 13.1 Å². The third-order valence-electron chi connectivity index (χ3n) is 4.55. The molecule has 0 spiro atoms. The van der Waals surface area contributed by atoms with E-state index in [1.54, 1.807) is 0 Å². The fraction of sp³-hybridized carbons (Fsp3) is 0.368. The van der Waals surface area contributed by atoms with Crippen LogP contribution in [-0.2, 0) is 4.74 Å². The van der Waals surface area contributed by atoms with Crippen LogP contribution in [0.15, 0.2) is 54.6 Å². The van der Waals surface area contributed by atoms with Crippen LogP contribution in [0, 0.1) is 5.92 Å². The molecule has 0 bridgehead atoms. The van der Waals surface area contributed by atoms with E-state index in [0.29, 0.717) is 6.10 Å². The van der Waals surface area contributed by atoms with Crippen molar-refractivity contribution in [1.29, 1.82) is 0 Å². The summed E-state index contributed by atoms with van der Waals surface area (Å²) in [6.45, 7) is 1.94. The Hall–Kier alpha value is -1.64. The van der Waals surface area contributed by atoms with Gasteiger partial charge in [0.05, 0.1) is 12.2 Å². The van der Waals surface area contributed by atoms with Gasteiger partial charge in [0.1, 0.15) is 0 Å². The number of nitrogens with one attached hydrogen (secondary N) is 1. The Morgan fingerprint density at radius 2 is 1.52 bits per heavy atom. The molecule has 2 aliphatic rings. The summed E-state index contributed by atoms with van der Waals surface area (Å²) in [5.41, 5.74) is 3.82. The van der Waals surface area contributed by atoms with E-state index in [-0.39, 0.29) is 6.10 Å². The van der Waals surface area contributed by atoms with Crippen molar-refractivity contribution in [3.63, 3.8) is 0 Å². The summed E-state index contributed by atoms with van der Waals surface area (Å²) in [6.07, 6.45) is 3.30. The van der Waals surface area contributed by atoms with E-state index in [0.717, 1.165) is 19.0 Å². The Balaban J connectivity index is 1.50. The molecule has 21 heavy (non-hydrogen) atoms. The van der Waals surface area contributed by atoms with Gasteiger partial charge in [-0.15, -0.1) is 0 Å². The lowest BCUT2D eigenvalue weighted by atomic mass is 10.0. The van der Waals surface area contributed by atoms with E-state index in [4.69, 9.17) is 4.74 Å². The normalized spacial score (nSPS) is 25.7. The highest BCUT2D eigenvalue weighted by molar-refractivity contribution is 5.63. The zero-order valence-corrected chi connectivity index (χ0v) is 12.2. The average molecular weight is 279 g/mol. The molecule has 2 atom stereocenters. The number of hydrogen-bond acceptors (Lipinski definition) is 2. The van der Waals surface area contributed by atoms with Crippen LogP contribution in [0.4, 0.5) is 0 Å². The maximum Gasteiger partial charge on any atom is 0.0953 e. The molecular formula is C19H21NO. The van der Waals surface area contributed by atoms with Crippen molar-refractivity contribution in [3.05, 3.63) is 60.2 Å². The molecule has 1 aliphatic heterocycles. The van der Waals surface area contributed by atoms with Crippen LogP contribution in [-0.4, -0.2) is 19.2 Å². The zero-order chi connectivity index (χ0) is 14.1. The summed E-state index contributed by atoms with van der Waals surface area (Å²) in [6, 6.07) is 19.3. The summed E-state index contributed by atoms with van der Waals surface area (Å²) in [5, 5.41) is 3.53. The van der Waals surface area contributed by atoms with Gasteiger partial charge in [0.15, 0.2) is 0 Å². The first kappa shape index (κ1) is 13.1. The van der Waals surface area contributed by atoms with Gasteiger partial charge in [-0.3, -0.25) is 0 Å². The van der Waals surface area contributed by atoms with Crippen molar-refractivity contribution < 1.29 is 4.74 Å². The predicted octanol–water partition coefficient (Wildman–Crippen LogP) is 3.79. The van der Waals surface area contributed by atoms with E-state index in [2.05, 4.69) is 59.9 Å². The molecule has 0 amide bonds. The van der Waals surface area contributed by atoms with Gasteiger partial charge in [0.2, 0.25) is 0 Å². The SMILES string of the molecule is c1ccc(-c2ccc(C3CNCC(C4CC4)O3)cc2)cc1. The average Bonchev–Trinajstić information content (AvgIpc) is 3.41. The quantitative estimate of drug-likeness (QED) is 0.923. The molecule has 0 radical (unpaired) electrons. The Bertz CT molecular complexity index is 589. The summed E-state index contributed by atoms with van der Waals surface area (Å²) >= 11 is 0. The largest absolute Gasteiger partial charge is 0.367 e. The molecule has 2 nitrogen and oxygen atoms in total. The van der Waals surface area contributed by atoms with Crippen LogP contribution in [0.3, 0.4) is 0 Å². The fourth-order valence-electron chi connectivity index (χ4n) is 3.13. The molecule has 4 rings (SSSR count). The third-order valence-corrected chi connectivity index (χ3v) is 4.55. The standard InChI is InChI=1S/C19H21NO/c1-2-4-14(5-3-1)15-6-8-16(9-7-15)18-12-20-13-19(21-18)17-10-11-17/h1-9,17-20H,10-13H2. The molecule has 2 aromatic carbocycles. The van der Waals surface area contributed by atoms with Crippen molar-refractivity contribution >= 4 is 0 Å². The van der Waals surface area contributed by atoms with Gasteiger partial charge in [-0.2, -0.15) is 0 Å². The molecule has 1 N–H and O–H groups in total. The first-order valence-corrected chi connectivity index (χ1v) is 7.92. The molecule has 2 unspecified atom stereocenters. The van der Waals surface area contributed by atoms with Crippen LogP contribution in [0.1, 0.15) is 24.5 Å². The molecule has 108 valence electrons. The topological polar surface area (TPSA) is 21.3 Å². The molecule has 1 heterocycles. The van der Waals surface area contributed by atoms with E-state index >= 15 is 0 Å². The smallest absolute Gasteiger partial charge is 0.0953 e. The van der Waals surface area contributed by atoms with Crippen molar-refractivity contribution in [3.8, 4) is 11.1 Å². The predicted molar refractivity (Wildman–Crippen MR) is 85.1 cm³/mol. The van der Waals surface area contributed by atoms with Crippen LogP contribution in [0.25, 0.3) is 11.1 Å². The molecule has 2 aromatic rings. The van der Waals surface area contributed by atoms with Crippen LogP contribution in [0.2, 0.25) is 0 Å². The van der Waals surface area contributed by atoms with E-state index < -0.39 is 0 Å². The number of hydrogen-bond donors (Lipinski definition) is 1. The molecule has 2 heteroatoms. The van der Waals surface area contributed by atoms with E-state index in [9.17, 15) is 0 Å². The lowest BCUT2D eigenvalue weighted by Crippen LogP contribution is -2.41. The lowest BCUT2D eigenvalue weighted by molar-refractivity contribution is -0.0493. The zero-order valence-electron chi connectivity index (χ0n) is 12.2. The van der Waals surface area contributed by atoms with Gasteiger partial charge in [-0.25, -0.2) is 0 Å². The summed E-state index contributed by atoms with van der Waals surface area (Å²) in [5.74, 6) is 0.795. The Morgan fingerprint density at radius 1 is 0.810 bits per heavy atom. The van der Waals surface area contributed by atoms with Gasteiger partial charge in [-0.1, -0.05) is 54.6 Å². The Morgan fingerprint density at radius 3 is 2.24 bits per heavy atom. The number of benzene rings is 2. The molecule has 1 saturated carbocycles. The Labute approximate surface area is 126 Å². The van der Waals surface area contributed by atoms with E-state index in [1.165, 1.54) is 29.5 Å². The van der Waals surface area contributed by atoms with Gasteiger partial charge in [0.25, 0.3) is 0 Å². The third kappa shape index (κ3) is 2.87. The van der Waals surface area contributed by atoms with Crippen molar-refractivity contribution in [2.45, 2.75) is 25.0 Å². The molecular weight excluding hydrogens is 258 g/mol. The number of ether oxygens (including phenoxy) is 1. The molecule has 0 aromatic heterocycles. The second kappa shape index (κ2) is 5.63. The van der Waals surface area contributed by atoms with Gasteiger partial charge < -0.3 is 10.1 Å². The fourth-order valence-corrected chi connectivity index (χ4v) is 3.13. The highest BCUT2D eigenvalue weighted by Crippen LogP contribution is 2.37. The maximum absolute atomic E-state index is 6.28. The number of rotatable bonds is 3. The molecule has 1 aliphatic carbocycles. The monoisotopic (exact) mass is 279 g/mol. The lowest BCUT2D eigenvalue weighted by Gasteiger charge is -2.31. The van der Waals surface area contributed by atoms with Gasteiger partial charge >= 0.3 is 0 Å². The van der Waals surface area contributed by atoms with Crippen LogP contribution < -0.4 is 5.32 Å². The summed E-state index contributed by atoms with van der Waals surface area (Å²) < 4.78 is 6.28. The van der Waals surface area contributed by atoms with Gasteiger partial charge in [0, 0.05) is 13.1 Å². The highest BCUT2D eigenvalue weighted by atomic mass is 16.5. The Kier molecular flexibility index (Phi) is 3.50. The second-order valence-corrected chi connectivity index (χ2v) is 6.15. The first-order chi connectivity index (χ1) is 10.4. The summed E-state index contributed by atoms with van der Waals surface area (Å²) in [7, 11) is 0. The van der Waals surface area contributed by atoms with Crippen molar-refractivity contribution in [1.82, 2.24) is 5.32 Å². The molecule has 1 saturated heterocycles. The first-order valence-electron chi connectivity index (χ1n) is 7.92. The molecule has 2 fully saturated rings. The van der Waals surface area contributed by atoms with Gasteiger partial charge in [-0.05, 0) is 35.4 Å². The minimum atomic E-state index is 0.203. The van der Waals surface area contributed by atoms with Crippen LogP contribution >= 0.6 is 0 Å².